The number of aromatic nitrogens is 1. The molecule has 1 saturated carbocycles. The fraction of sp³-hybridized carbons (Fsp3) is 0.385. The second-order valence-electron chi connectivity index (χ2n) is 3.87. The van der Waals surface area contributed by atoms with E-state index in [9.17, 15) is 4.79 Å². The molecule has 0 bridgehead atoms. The standard InChI is InChI=1S/C13H14N2O2/c1-3-8-15(13(16)10-4-5-10)11-6-7-12(17-2)14-9-11/h6-7,9-10H,4-5H2,1-2H3. The van der Waals surface area contributed by atoms with Gasteiger partial charge in [-0.05, 0) is 25.8 Å². The first-order chi connectivity index (χ1) is 8.26. The largest absolute Gasteiger partial charge is 0.481 e. The molecule has 4 heteroatoms. The molecule has 1 aromatic rings. The third kappa shape index (κ3) is 2.56. The molecule has 0 N–H and O–H groups in total. The number of anilines is 1. The molecule has 0 spiro atoms. The maximum atomic E-state index is 12.0. The third-order valence-electron chi connectivity index (χ3n) is 2.56. The van der Waals surface area contributed by atoms with Gasteiger partial charge >= 0.3 is 0 Å². The summed E-state index contributed by atoms with van der Waals surface area (Å²) in [5, 5.41) is 0. The third-order valence-corrected chi connectivity index (χ3v) is 2.56. The van der Waals surface area contributed by atoms with Crippen molar-refractivity contribution in [1.82, 2.24) is 4.98 Å². The molecule has 0 aliphatic heterocycles. The Morgan fingerprint density at radius 3 is 2.76 bits per heavy atom. The van der Waals surface area contributed by atoms with Crippen LogP contribution in [0.25, 0.3) is 0 Å². The van der Waals surface area contributed by atoms with E-state index in [0.29, 0.717) is 11.6 Å². The predicted molar refractivity (Wildman–Crippen MR) is 64.4 cm³/mol. The van der Waals surface area contributed by atoms with Crippen molar-refractivity contribution in [1.29, 1.82) is 0 Å². The van der Waals surface area contributed by atoms with Gasteiger partial charge in [-0.1, -0.05) is 5.92 Å². The van der Waals surface area contributed by atoms with Crippen LogP contribution in [0.1, 0.15) is 19.8 Å². The SMILES string of the molecule is CC#CN(C(=O)C1CC1)c1ccc(OC)nc1. The summed E-state index contributed by atoms with van der Waals surface area (Å²) in [5.74, 6) is 3.48. The lowest BCUT2D eigenvalue weighted by atomic mass is 10.3. The fourth-order valence-electron chi connectivity index (χ4n) is 1.50. The highest BCUT2D eigenvalue weighted by atomic mass is 16.5. The van der Waals surface area contributed by atoms with Gasteiger partial charge in [-0.25, -0.2) is 9.88 Å². The topological polar surface area (TPSA) is 42.4 Å². The van der Waals surface area contributed by atoms with E-state index in [1.54, 1.807) is 32.4 Å². The lowest BCUT2D eigenvalue weighted by Gasteiger charge is -2.15. The van der Waals surface area contributed by atoms with Crippen LogP contribution in [0.15, 0.2) is 18.3 Å². The lowest BCUT2D eigenvalue weighted by Crippen LogP contribution is -2.27. The molecule has 17 heavy (non-hydrogen) atoms. The molecule has 0 aromatic carbocycles. The number of hydrogen-bond donors (Lipinski definition) is 0. The van der Waals surface area contributed by atoms with Gasteiger partial charge in [0.1, 0.15) is 0 Å². The number of amides is 1. The number of hydrogen-bond acceptors (Lipinski definition) is 3. The highest BCUT2D eigenvalue weighted by Gasteiger charge is 2.33. The van der Waals surface area contributed by atoms with Crippen molar-refractivity contribution in [2.45, 2.75) is 19.8 Å². The van der Waals surface area contributed by atoms with Crippen molar-refractivity contribution in [3.05, 3.63) is 18.3 Å². The quantitative estimate of drug-likeness (QED) is 0.587. The van der Waals surface area contributed by atoms with E-state index in [2.05, 4.69) is 16.9 Å². The lowest BCUT2D eigenvalue weighted by molar-refractivity contribution is -0.119. The first kappa shape index (κ1) is 11.5. The van der Waals surface area contributed by atoms with Gasteiger partial charge in [-0.15, -0.1) is 0 Å². The van der Waals surface area contributed by atoms with Gasteiger partial charge in [-0.2, -0.15) is 0 Å². The highest BCUT2D eigenvalue weighted by molar-refractivity contribution is 5.99. The summed E-state index contributed by atoms with van der Waals surface area (Å²) < 4.78 is 4.98. The summed E-state index contributed by atoms with van der Waals surface area (Å²) in [6.07, 6.45) is 3.53. The molecular weight excluding hydrogens is 216 g/mol. The second-order valence-corrected chi connectivity index (χ2v) is 3.87. The summed E-state index contributed by atoms with van der Waals surface area (Å²) in [7, 11) is 1.56. The molecule has 1 aliphatic carbocycles. The molecule has 0 radical (unpaired) electrons. The molecule has 1 aromatic heterocycles. The molecule has 88 valence electrons. The Hall–Kier alpha value is -2.02. The summed E-state index contributed by atoms with van der Waals surface area (Å²) in [5.41, 5.74) is 0.692. The Balaban J connectivity index is 2.23. The van der Waals surface area contributed by atoms with E-state index in [1.807, 2.05) is 0 Å². The van der Waals surface area contributed by atoms with Crippen LogP contribution in [-0.2, 0) is 4.79 Å². The maximum Gasteiger partial charge on any atom is 0.241 e. The van der Waals surface area contributed by atoms with Crippen LogP contribution in [-0.4, -0.2) is 18.0 Å². The molecule has 1 aliphatic rings. The van der Waals surface area contributed by atoms with E-state index < -0.39 is 0 Å². The van der Waals surface area contributed by atoms with E-state index in [0.717, 1.165) is 12.8 Å². The summed E-state index contributed by atoms with van der Waals surface area (Å²) in [6, 6.07) is 6.32. The zero-order valence-corrected chi connectivity index (χ0v) is 9.93. The van der Waals surface area contributed by atoms with Gasteiger partial charge in [0.15, 0.2) is 0 Å². The minimum absolute atomic E-state index is 0.0614. The number of methoxy groups -OCH3 is 1. The Kier molecular flexibility index (Phi) is 3.29. The molecule has 1 fully saturated rings. The number of carbonyl (C=O) groups excluding carboxylic acids is 1. The summed E-state index contributed by atoms with van der Waals surface area (Å²) in [6.45, 7) is 1.71. The minimum atomic E-state index is 0.0614. The first-order valence-corrected chi connectivity index (χ1v) is 5.52. The van der Waals surface area contributed by atoms with Gasteiger partial charge in [-0.3, -0.25) is 4.79 Å². The van der Waals surface area contributed by atoms with E-state index in [4.69, 9.17) is 4.74 Å². The van der Waals surface area contributed by atoms with Crippen LogP contribution in [0.3, 0.4) is 0 Å². The number of pyridine rings is 1. The Labute approximate surface area is 101 Å². The van der Waals surface area contributed by atoms with Crippen molar-refractivity contribution < 1.29 is 9.53 Å². The molecule has 0 saturated heterocycles. The molecule has 0 atom stereocenters. The molecule has 1 heterocycles. The van der Waals surface area contributed by atoms with Gasteiger partial charge in [0.25, 0.3) is 0 Å². The minimum Gasteiger partial charge on any atom is -0.481 e. The molecule has 4 nitrogen and oxygen atoms in total. The number of rotatable bonds is 3. The van der Waals surface area contributed by atoms with Crippen molar-refractivity contribution >= 4 is 11.6 Å². The Morgan fingerprint density at radius 1 is 1.53 bits per heavy atom. The van der Waals surface area contributed by atoms with E-state index in [-0.39, 0.29) is 11.8 Å². The normalized spacial score (nSPS) is 13.5. The van der Waals surface area contributed by atoms with Crippen molar-refractivity contribution in [2.24, 2.45) is 5.92 Å². The van der Waals surface area contributed by atoms with Crippen molar-refractivity contribution in [2.75, 3.05) is 12.0 Å². The fourth-order valence-corrected chi connectivity index (χ4v) is 1.50. The van der Waals surface area contributed by atoms with Gasteiger partial charge < -0.3 is 4.74 Å². The van der Waals surface area contributed by atoms with Crippen molar-refractivity contribution in [3.8, 4) is 17.8 Å². The average Bonchev–Trinajstić information content (AvgIpc) is 3.20. The van der Waals surface area contributed by atoms with Crippen LogP contribution in [0.2, 0.25) is 0 Å². The zero-order valence-electron chi connectivity index (χ0n) is 9.93. The number of ether oxygens (including phenoxy) is 1. The van der Waals surface area contributed by atoms with Crippen molar-refractivity contribution in [3.63, 3.8) is 0 Å². The molecule has 0 unspecified atom stereocenters. The van der Waals surface area contributed by atoms with Crippen LogP contribution in [0.4, 0.5) is 5.69 Å². The summed E-state index contributed by atoms with van der Waals surface area (Å²) in [4.78, 5) is 17.6. The van der Waals surface area contributed by atoms with Crippen LogP contribution in [0, 0.1) is 17.9 Å². The monoisotopic (exact) mass is 230 g/mol. The van der Waals surface area contributed by atoms with Gasteiger partial charge in [0, 0.05) is 18.0 Å². The smallest absolute Gasteiger partial charge is 0.241 e. The van der Waals surface area contributed by atoms with Crippen LogP contribution in [0.5, 0.6) is 5.88 Å². The highest BCUT2D eigenvalue weighted by Crippen LogP contribution is 2.32. The second kappa shape index (κ2) is 4.88. The number of carbonyl (C=O) groups is 1. The predicted octanol–water partition coefficient (Wildman–Crippen LogP) is 1.81. The van der Waals surface area contributed by atoms with E-state index >= 15 is 0 Å². The Morgan fingerprint density at radius 2 is 2.29 bits per heavy atom. The van der Waals surface area contributed by atoms with E-state index in [1.165, 1.54) is 4.90 Å². The zero-order chi connectivity index (χ0) is 12.3. The molecule has 1 amide bonds. The number of nitrogens with zero attached hydrogens (tertiary/aromatic N) is 2. The molecular formula is C13H14N2O2. The maximum absolute atomic E-state index is 12.0. The van der Waals surface area contributed by atoms with Crippen LogP contribution < -0.4 is 9.64 Å². The first-order valence-electron chi connectivity index (χ1n) is 5.52. The van der Waals surface area contributed by atoms with Gasteiger partial charge in [0.05, 0.1) is 19.0 Å². The van der Waals surface area contributed by atoms with Gasteiger partial charge in [0.2, 0.25) is 11.8 Å². The van der Waals surface area contributed by atoms with Crippen LogP contribution >= 0.6 is 0 Å². The average molecular weight is 230 g/mol. The Bertz CT molecular complexity index is 466. The summed E-state index contributed by atoms with van der Waals surface area (Å²) >= 11 is 0. The molecule has 2 rings (SSSR count).